The molecule has 0 aliphatic rings. The van der Waals surface area contributed by atoms with E-state index in [1.165, 1.54) is 7.11 Å². The van der Waals surface area contributed by atoms with E-state index in [4.69, 9.17) is 5.73 Å². The van der Waals surface area contributed by atoms with Crippen LogP contribution < -0.4 is 5.73 Å². The number of pyridine rings is 1. The second-order valence-corrected chi connectivity index (χ2v) is 3.32. The first kappa shape index (κ1) is 13.4. The van der Waals surface area contributed by atoms with Crippen molar-refractivity contribution in [1.29, 1.82) is 0 Å². The molecular formula is C8H10BrClN2O2. The highest BCUT2D eigenvalue weighted by molar-refractivity contribution is 9.10. The molecule has 2 N–H and O–H groups in total. The highest BCUT2D eigenvalue weighted by Gasteiger charge is 2.16. The molecule has 1 aromatic heterocycles. The number of nitrogens with two attached hydrogens (primary N) is 1. The molecule has 1 rings (SSSR count). The van der Waals surface area contributed by atoms with Crippen molar-refractivity contribution in [1.82, 2.24) is 4.98 Å². The van der Waals surface area contributed by atoms with Gasteiger partial charge in [-0.15, -0.1) is 12.4 Å². The van der Waals surface area contributed by atoms with E-state index in [-0.39, 0.29) is 12.4 Å². The number of ether oxygens (including phenoxy) is 1. The van der Waals surface area contributed by atoms with Crippen LogP contribution in [0.15, 0.2) is 22.8 Å². The lowest BCUT2D eigenvalue weighted by Gasteiger charge is -2.07. The van der Waals surface area contributed by atoms with Crippen molar-refractivity contribution >= 4 is 34.3 Å². The summed E-state index contributed by atoms with van der Waals surface area (Å²) in [5.41, 5.74) is 6.04. The fraction of sp³-hybridized carbons (Fsp3) is 0.250. The second kappa shape index (κ2) is 5.95. The number of hydrogen-bond acceptors (Lipinski definition) is 4. The van der Waals surface area contributed by atoms with E-state index < -0.39 is 12.0 Å². The summed E-state index contributed by atoms with van der Waals surface area (Å²) in [6.07, 6.45) is 1.58. The minimum Gasteiger partial charge on any atom is -0.468 e. The Bertz CT molecular complexity index is 305. The Kier molecular flexibility index (Phi) is 5.68. The van der Waals surface area contributed by atoms with Crippen molar-refractivity contribution in [2.24, 2.45) is 5.73 Å². The molecule has 1 atom stereocenters. The van der Waals surface area contributed by atoms with Crippen LogP contribution in [0.3, 0.4) is 0 Å². The van der Waals surface area contributed by atoms with E-state index in [0.29, 0.717) is 5.69 Å². The topological polar surface area (TPSA) is 65.2 Å². The second-order valence-electron chi connectivity index (χ2n) is 2.40. The zero-order chi connectivity index (χ0) is 9.84. The summed E-state index contributed by atoms with van der Waals surface area (Å²) in [5, 5.41) is 0. The molecule has 4 nitrogen and oxygen atoms in total. The number of carbonyl (C=O) groups is 1. The lowest BCUT2D eigenvalue weighted by atomic mass is 10.2. The summed E-state index contributed by atoms with van der Waals surface area (Å²) < 4.78 is 5.32. The van der Waals surface area contributed by atoms with Gasteiger partial charge in [0, 0.05) is 10.7 Å². The van der Waals surface area contributed by atoms with E-state index in [0.717, 1.165) is 4.47 Å². The van der Waals surface area contributed by atoms with Gasteiger partial charge in [-0.1, -0.05) is 0 Å². The Labute approximate surface area is 96.4 Å². The van der Waals surface area contributed by atoms with Gasteiger partial charge in [0.05, 0.1) is 12.8 Å². The summed E-state index contributed by atoms with van der Waals surface area (Å²) in [4.78, 5) is 15.0. The normalized spacial score (nSPS) is 11.4. The van der Waals surface area contributed by atoms with Gasteiger partial charge in [-0.05, 0) is 28.1 Å². The van der Waals surface area contributed by atoms with Crippen LogP contribution in [-0.2, 0) is 9.53 Å². The lowest BCUT2D eigenvalue weighted by Crippen LogP contribution is -2.23. The number of aromatic nitrogens is 1. The number of esters is 1. The van der Waals surface area contributed by atoms with Gasteiger partial charge in [0.15, 0.2) is 0 Å². The molecule has 1 aromatic rings. The summed E-state index contributed by atoms with van der Waals surface area (Å²) >= 11 is 3.23. The SMILES string of the molecule is COC(=O)[C@@H](N)c1ccc(Br)cn1.Cl. The van der Waals surface area contributed by atoms with E-state index in [1.807, 2.05) is 0 Å². The smallest absolute Gasteiger partial charge is 0.328 e. The average Bonchev–Trinajstić information content (AvgIpc) is 2.17. The molecule has 78 valence electrons. The Morgan fingerprint density at radius 2 is 2.29 bits per heavy atom. The maximum Gasteiger partial charge on any atom is 0.328 e. The van der Waals surface area contributed by atoms with Gasteiger partial charge >= 0.3 is 5.97 Å². The molecule has 0 saturated heterocycles. The molecule has 6 heteroatoms. The number of methoxy groups -OCH3 is 1. The monoisotopic (exact) mass is 280 g/mol. The van der Waals surface area contributed by atoms with Gasteiger partial charge in [-0.2, -0.15) is 0 Å². The maximum absolute atomic E-state index is 11.0. The van der Waals surface area contributed by atoms with Crippen LogP contribution >= 0.6 is 28.3 Å². The van der Waals surface area contributed by atoms with Crippen LogP contribution in [0.2, 0.25) is 0 Å². The van der Waals surface area contributed by atoms with Crippen LogP contribution in [0, 0.1) is 0 Å². The summed E-state index contributed by atoms with van der Waals surface area (Å²) in [6.45, 7) is 0. The molecular weight excluding hydrogens is 271 g/mol. The Morgan fingerprint density at radius 3 is 2.71 bits per heavy atom. The van der Waals surface area contributed by atoms with E-state index in [9.17, 15) is 4.79 Å². The fourth-order valence-corrected chi connectivity index (χ4v) is 1.05. The molecule has 0 unspecified atom stereocenters. The lowest BCUT2D eigenvalue weighted by molar-refractivity contribution is -0.142. The van der Waals surface area contributed by atoms with Crippen molar-refractivity contribution in [3.8, 4) is 0 Å². The molecule has 0 aliphatic heterocycles. The van der Waals surface area contributed by atoms with Crippen LogP contribution in [0.5, 0.6) is 0 Å². The van der Waals surface area contributed by atoms with Crippen LogP contribution in [0.25, 0.3) is 0 Å². The first-order valence-corrected chi connectivity index (χ1v) is 4.39. The molecule has 0 bridgehead atoms. The van der Waals surface area contributed by atoms with Crippen molar-refractivity contribution in [3.63, 3.8) is 0 Å². The third-order valence-corrected chi connectivity index (χ3v) is 1.99. The number of carbonyl (C=O) groups excluding carboxylic acids is 1. The first-order valence-electron chi connectivity index (χ1n) is 3.60. The summed E-state index contributed by atoms with van der Waals surface area (Å²) in [7, 11) is 1.29. The standard InChI is InChI=1S/C8H9BrN2O2.ClH/c1-13-8(12)7(10)6-3-2-5(9)4-11-6;/h2-4,7H,10H2,1H3;1H/t7-;/m0./s1. The number of rotatable bonds is 2. The van der Waals surface area contributed by atoms with Crippen molar-refractivity contribution < 1.29 is 9.53 Å². The maximum atomic E-state index is 11.0. The number of nitrogens with zero attached hydrogens (tertiary/aromatic N) is 1. The quantitative estimate of drug-likeness (QED) is 0.833. The molecule has 0 aromatic carbocycles. The van der Waals surface area contributed by atoms with Crippen LogP contribution in [0.1, 0.15) is 11.7 Å². The minimum absolute atomic E-state index is 0. The largest absolute Gasteiger partial charge is 0.468 e. The molecule has 0 aliphatic carbocycles. The molecule has 0 radical (unpaired) electrons. The molecule has 0 saturated carbocycles. The highest BCUT2D eigenvalue weighted by Crippen LogP contribution is 2.12. The number of hydrogen-bond donors (Lipinski definition) is 1. The predicted molar refractivity (Wildman–Crippen MR) is 58.1 cm³/mol. The van der Waals surface area contributed by atoms with Gasteiger partial charge in [0.1, 0.15) is 6.04 Å². The van der Waals surface area contributed by atoms with Crippen LogP contribution in [-0.4, -0.2) is 18.1 Å². The summed E-state index contributed by atoms with van der Waals surface area (Å²) in [5.74, 6) is -0.491. The number of halogens is 2. The Morgan fingerprint density at radius 1 is 1.64 bits per heavy atom. The van der Waals surface area contributed by atoms with Gasteiger partial charge in [-0.25, -0.2) is 4.79 Å². The molecule has 14 heavy (non-hydrogen) atoms. The third-order valence-electron chi connectivity index (χ3n) is 1.52. The van der Waals surface area contributed by atoms with Crippen molar-refractivity contribution in [2.75, 3.05) is 7.11 Å². The van der Waals surface area contributed by atoms with E-state index in [2.05, 4.69) is 25.7 Å². The van der Waals surface area contributed by atoms with Gasteiger partial charge in [0.2, 0.25) is 0 Å². The first-order chi connectivity index (χ1) is 6.15. The zero-order valence-corrected chi connectivity index (χ0v) is 9.84. The molecule has 1 heterocycles. The molecule has 0 amide bonds. The van der Waals surface area contributed by atoms with E-state index in [1.54, 1.807) is 18.3 Å². The van der Waals surface area contributed by atoms with Gasteiger partial charge < -0.3 is 10.5 Å². The van der Waals surface area contributed by atoms with Crippen molar-refractivity contribution in [2.45, 2.75) is 6.04 Å². The molecule has 0 fully saturated rings. The highest BCUT2D eigenvalue weighted by atomic mass is 79.9. The summed E-state index contributed by atoms with van der Waals surface area (Å²) in [6, 6.07) is 2.63. The molecule has 0 spiro atoms. The zero-order valence-electron chi connectivity index (χ0n) is 7.44. The predicted octanol–water partition coefficient (Wildman–Crippen LogP) is 1.44. The third kappa shape index (κ3) is 3.25. The Balaban J connectivity index is 0.00000169. The fourth-order valence-electron chi connectivity index (χ4n) is 0.819. The Hall–Kier alpha value is -0.650. The average molecular weight is 282 g/mol. The van der Waals surface area contributed by atoms with E-state index >= 15 is 0 Å². The van der Waals surface area contributed by atoms with Crippen molar-refractivity contribution in [3.05, 3.63) is 28.5 Å². The van der Waals surface area contributed by atoms with Gasteiger partial charge in [-0.3, -0.25) is 4.98 Å². The van der Waals surface area contributed by atoms with Crippen LogP contribution in [0.4, 0.5) is 0 Å². The minimum atomic E-state index is -0.807. The van der Waals surface area contributed by atoms with Gasteiger partial charge in [0.25, 0.3) is 0 Å².